The number of hydrogen-bond acceptors (Lipinski definition) is 3. The summed E-state index contributed by atoms with van der Waals surface area (Å²) in [6.07, 6.45) is 3.88. The molecule has 1 aliphatic heterocycles. The highest BCUT2D eigenvalue weighted by Gasteiger charge is 2.43. The molecule has 2 rings (SSSR count). The first-order valence-electron chi connectivity index (χ1n) is 6.05. The number of ketones is 1. The summed E-state index contributed by atoms with van der Waals surface area (Å²) >= 11 is 0. The molecule has 0 radical (unpaired) electrons. The fourth-order valence-corrected chi connectivity index (χ4v) is 2.65. The van der Waals surface area contributed by atoms with Crippen LogP contribution in [-0.4, -0.2) is 18.7 Å². The molecule has 3 heteroatoms. The van der Waals surface area contributed by atoms with Crippen LogP contribution in [0.2, 0.25) is 0 Å². The lowest BCUT2D eigenvalue weighted by atomic mass is 9.64. The van der Waals surface area contributed by atoms with Crippen molar-refractivity contribution in [1.29, 1.82) is 0 Å². The predicted octanol–water partition coefficient (Wildman–Crippen LogP) is 2.66. The monoisotopic (exact) mass is 224 g/mol. The Morgan fingerprint density at radius 1 is 1.56 bits per heavy atom. The zero-order valence-electron chi connectivity index (χ0n) is 10.3. The summed E-state index contributed by atoms with van der Waals surface area (Å²) in [6.45, 7) is 7.06. The molecule has 2 atom stereocenters. The van der Waals surface area contributed by atoms with Gasteiger partial charge in [0.2, 0.25) is 0 Å². The molecule has 16 heavy (non-hydrogen) atoms. The van der Waals surface area contributed by atoms with Crippen LogP contribution < -0.4 is 0 Å². The molecule has 1 fully saturated rings. The van der Waals surface area contributed by atoms with Crippen LogP contribution in [0, 0.1) is 11.3 Å². The molecule has 1 heterocycles. The maximum Gasteiger partial charge on any atom is 0.199 e. The van der Waals surface area contributed by atoms with Gasteiger partial charge in [-0.3, -0.25) is 4.79 Å². The molecular formula is C13H20O3. The molecule has 0 aromatic rings. The van der Waals surface area contributed by atoms with Crippen molar-refractivity contribution in [2.45, 2.75) is 46.3 Å². The van der Waals surface area contributed by atoms with Crippen LogP contribution in [0.15, 0.2) is 11.8 Å². The van der Waals surface area contributed by atoms with E-state index in [0.29, 0.717) is 18.9 Å². The number of rotatable bonds is 2. The molecule has 0 aromatic heterocycles. The molecule has 0 N–H and O–H groups in total. The van der Waals surface area contributed by atoms with E-state index in [2.05, 4.69) is 13.8 Å². The van der Waals surface area contributed by atoms with Gasteiger partial charge < -0.3 is 9.47 Å². The zero-order chi connectivity index (χ0) is 11.8. The van der Waals surface area contributed by atoms with Crippen molar-refractivity contribution in [1.82, 2.24) is 0 Å². The van der Waals surface area contributed by atoms with Crippen LogP contribution in [0.1, 0.15) is 40.0 Å². The first-order valence-corrected chi connectivity index (χ1v) is 6.05. The van der Waals surface area contributed by atoms with Crippen molar-refractivity contribution in [2.75, 3.05) is 6.61 Å². The molecule has 0 aromatic carbocycles. The van der Waals surface area contributed by atoms with Crippen LogP contribution >= 0.6 is 0 Å². The van der Waals surface area contributed by atoms with Crippen molar-refractivity contribution in [3.05, 3.63) is 11.8 Å². The fourth-order valence-electron chi connectivity index (χ4n) is 2.65. The van der Waals surface area contributed by atoms with Gasteiger partial charge in [-0.25, -0.2) is 0 Å². The van der Waals surface area contributed by atoms with E-state index in [4.69, 9.17) is 9.47 Å². The molecule has 0 amide bonds. The van der Waals surface area contributed by atoms with Crippen molar-refractivity contribution in [2.24, 2.45) is 11.3 Å². The third kappa shape index (κ3) is 2.01. The van der Waals surface area contributed by atoms with Gasteiger partial charge in [0, 0.05) is 30.9 Å². The number of carbonyl (C=O) groups is 1. The second-order valence-corrected chi connectivity index (χ2v) is 5.29. The minimum Gasteiger partial charge on any atom is -0.472 e. The molecular weight excluding hydrogens is 204 g/mol. The van der Waals surface area contributed by atoms with Gasteiger partial charge in [0.15, 0.2) is 12.1 Å². The minimum absolute atomic E-state index is 0.177. The summed E-state index contributed by atoms with van der Waals surface area (Å²) in [4.78, 5) is 11.8. The Bertz CT molecular complexity index is 317. The van der Waals surface area contributed by atoms with E-state index < -0.39 is 0 Å². The first kappa shape index (κ1) is 11.6. The highest BCUT2D eigenvalue weighted by molar-refractivity contribution is 5.96. The Labute approximate surface area is 96.8 Å². The largest absolute Gasteiger partial charge is 0.472 e. The fraction of sp³-hybridized carbons (Fsp3) is 0.769. The molecule has 1 saturated carbocycles. The average molecular weight is 224 g/mol. The van der Waals surface area contributed by atoms with E-state index in [0.717, 1.165) is 18.4 Å². The van der Waals surface area contributed by atoms with Crippen molar-refractivity contribution in [3.63, 3.8) is 0 Å². The van der Waals surface area contributed by atoms with Crippen LogP contribution in [0.3, 0.4) is 0 Å². The maximum absolute atomic E-state index is 11.8. The number of carbonyl (C=O) groups excluding carboxylic acids is 1. The van der Waals surface area contributed by atoms with Gasteiger partial charge in [-0.2, -0.15) is 0 Å². The summed E-state index contributed by atoms with van der Waals surface area (Å²) < 4.78 is 10.9. The van der Waals surface area contributed by atoms with Crippen molar-refractivity contribution >= 4 is 5.78 Å². The van der Waals surface area contributed by atoms with Crippen molar-refractivity contribution < 1.29 is 14.3 Å². The number of hydrogen-bond donors (Lipinski definition) is 0. The SMILES string of the molecule is CCO[C@H]1C[C@@H]2C(=CO1)C(=O)CCC2(C)C. The summed E-state index contributed by atoms with van der Waals surface area (Å²) in [5, 5.41) is 0. The second kappa shape index (κ2) is 4.21. The van der Waals surface area contributed by atoms with E-state index in [9.17, 15) is 4.79 Å². The predicted molar refractivity (Wildman–Crippen MR) is 60.7 cm³/mol. The number of allylic oxidation sites excluding steroid dienone is 1. The van der Waals surface area contributed by atoms with E-state index in [1.54, 1.807) is 6.26 Å². The topological polar surface area (TPSA) is 35.5 Å². The number of fused-ring (bicyclic) bond motifs is 1. The van der Waals surface area contributed by atoms with E-state index in [1.165, 1.54) is 0 Å². The molecule has 1 aliphatic carbocycles. The third-order valence-corrected chi connectivity index (χ3v) is 3.76. The van der Waals surface area contributed by atoms with Gasteiger partial charge in [-0.15, -0.1) is 0 Å². The zero-order valence-corrected chi connectivity index (χ0v) is 10.3. The van der Waals surface area contributed by atoms with E-state index in [1.807, 2.05) is 6.92 Å². The average Bonchev–Trinajstić information content (AvgIpc) is 2.25. The number of ether oxygens (including phenoxy) is 2. The minimum atomic E-state index is -0.177. The third-order valence-electron chi connectivity index (χ3n) is 3.76. The summed E-state index contributed by atoms with van der Waals surface area (Å²) in [6, 6.07) is 0. The number of Topliss-reactive ketones (excluding diaryl/α,β-unsaturated/α-hetero) is 1. The van der Waals surface area contributed by atoms with Crippen LogP contribution in [0.4, 0.5) is 0 Å². The van der Waals surface area contributed by atoms with Gasteiger partial charge in [-0.1, -0.05) is 13.8 Å². The Morgan fingerprint density at radius 2 is 2.31 bits per heavy atom. The molecule has 0 unspecified atom stereocenters. The maximum atomic E-state index is 11.8. The molecule has 3 nitrogen and oxygen atoms in total. The van der Waals surface area contributed by atoms with Crippen molar-refractivity contribution in [3.8, 4) is 0 Å². The Hall–Kier alpha value is -0.830. The smallest absolute Gasteiger partial charge is 0.199 e. The lowest BCUT2D eigenvalue weighted by molar-refractivity contribution is -0.140. The lowest BCUT2D eigenvalue weighted by Crippen LogP contribution is -2.40. The van der Waals surface area contributed by atoms with E-state index in [-0.39, 0.29) is 17.5 Å². The normalized spacial score (nSPS) is 32.7. The Morgan fingerprint density at radius 3 is 3.00 bits per heavy atom. The highest BCUT2D eigenvalue weighted by atomic mass is 16.7. The molecule has 0 spiro atoms. The van der Waals surface area contributed by atoms with Gasteiger partial charge in [0.25, 0.3) is 0 Å². The van der Waals surface area contributed by atoms with Gasteiger partial charge in [-0.05, 0) is 18.8 Å². The first-order chi connectivity index (χ1) is 7.54. The highest BCUT2D eigenvalue weighted by Crippen LogP contribution is 2.46. The van der Waals surface area contributed by atoms with Crippen LogP contribution in [0.25, 0.3) is 0 Å². The Kier molecular flexibility index (Phi) is 3.06. The van der Waals surface area contributed by atoms with E-state index >= 15 is 0 Å². The quantitative estimate of drug-likeness (QED) is 0.723. The van der Waals surface area contributed by atoms with Gasteiger partial charge >= 0.3 is 0 Å². The van der Waals surface area contributed by atoms with Gasteiger partial charge in [0.1, 0.15) is 0 Å². The molecule has 2 aliphatic rings. The lowest BCUT2D eigenvalue weighted by Gasteiger charge is -2.42. The van der Waals surface area contributed by atoms with Crippen LogP contribution in [0.5, 0.6) is 0 Å². The molecule has 90 valence electrons. The standard InChI is InChI=1S/C13H20O3/c1-4-15-12-7-10-9(8-16-12)11(14)5-6-13(10,2)3/h8,10,12H,4-7H2,1-3H3/t10-,12-/m1/s1. The molecule has 0 bridgehead atoms. The summed E-state index contributed by atoms with van der Waals surface area (Å²) in [5.74, 6) is 0.540. The molecule has 0 saturated heterocycles. The summed E-state index contributed by atoms with van der Waals surface area (Å²) in [7, 11) is 0. The second-order valence-electron chi connectivity index (χ2n) is 5.29. The van der Waals surface area contributed by atoms with Crippen LogP contribution in [-0.2, 0) is 14.3 Å². The van der Waals surface area contributed by atoms with Gasteiger partial charge in [0.05, 0.1) is 6.26 Å². The Balaban J connectivity index is 2.20. The summed E-state index contributed by atoms with van der Waals surface area (Å²) in [5.41, 5.74) is 1.05.